The van der Waals surface area contributed by atoms with Crippen LogP contribution in [-0.4, -0.2) is 98.8 Å². The van der Waals surface area contributed by atoms with Crippen LogP contribution in [0.3, 0.4) is 0 Å². The molecule has 5 N–H and O–H groups in total. The Morgan fingerprint density at radius 3 is 1.96 bits per heavy atom. The molecule has 0 saturated carbocycles. The van der Waals surface area contributed by atoms with E-state index in [0.717, 1.165) is 21.8 Å². The molecule has 1 aromatic heterocycles. The third-order valence-corrected chi connectivity index (χ3v) is 8.18. The fraction of sp³-hybridized carbons (Fsp3) is 0.548. The molecular formula is C31H47N7O7S. The topological polar surface area (TPSA) is 185 Å². The lowest BCUT2D eigenvalue weighted by Gasteiger charge is -2.55. The first-order valence-corrected chi connectivity index (χ1v) is 15.5. The zero-order chi connectivity index (χ0) is 35.2. The minimum Gasteiger partial charge on any atom is -0.465 e. The summed E-state index contributed by atoms with van der Waals surface area (Å²) in [6.45, 7) is 11.9. The zero-order valence-electron chi connectivity index (χ0n) is 28.3. The Labute approximate surface area is 274 Å². The summed E-state index contributed by atoms with van der Waals surface area (Å²) >= 11 is 1.08. The molecular weight excluding hydrogens is 614 g/mol. The van der Waals surface area contributed by atoms with Crippen LogP contribution in [0.4, 0.5) is 20.4 Å². The first-order chi connectivity index (χ1) is 21.1. The molecule has 1 atom stereocenters. The average molecular weight is 662 g/mol. The fourth-order valence-corrected chi connectivity index (χ4v) is 5.87. The van der Waals surface area contributed by atoms with Crippen molar-refractivity contribution in [3.8, 4) is 0 Å². The molecule has 46 heavy (non-hydrogen) atoms. The first-order valence-electron chi connectivity index (χ1n) is 14.7. The Kier molecular flexibility index (Phi) is 12.2. The summed E-state index contributed by atoms with van der Waals surface area (Å²) in [5.41, 5.74) is -0.0625. The van der Waals surface area contributed by atoms with Gasteiger partial charge in [0.25, 0.3) is 5.91 Å². The molecule has 2 rings (SSSR count). The molecule has 5 amide bonds. The maximum Gasteiger partial charge on any atom is 0.411 e. The van der Waals surface area contributed by atoms with Crippen LogP contribution in [0.1, 0.15) is 75.8 Å². The second-order valence-electron chi connectivity index (χ2n) is 13.2. The van der Waals surface area contributed by atoms with Crippen molar-refractivity contribution in [1.82, 2.24) is 25.0 Å². The molecule has 0 bridgehead atoms. The quantitative estimate of drug-likeness (QED) is 0.203. The van der Waals surface area contributed by atoms with Gasteiger partial charge < -0.3 is 30.6 Å². The van der Waals surface area contributed by atoms with Gasteiger partial charge in [-0.15, -0.1) is 0 Å². The van der Waals surface area contributed by atoms with Crippen molar-refractivity contribution in [3.63, 3.8) is 0 Å². The highest BCUT2D eigenvalue weighted by atomic mass is 32.1. The molecule has 0 aliphatic rings. The van der Waals surface area contributed by atoms with Gasteiger partial charge in [-0.05, 0) is 51.3 Å². The number of carbonyl (C=O) groups excluding carboxylic acids is 3. The van der Waals surface area contributed by atoms with E-state index in [4.69, 9.17) is 0 Å². The minimum absolute atomic E-state index is 0.103. The number of nitrogens with one attached hydrogen (secondary N) is 3. The maximum absolute atomic E-state index is 13.3. The number of hydrogen-bond donors (Lipinski definition) is 5. The second-order valence-corrected chi connectivity index (χ2v) is 14.2. The highest BCUT2D eigenvalue weighted by Gasteiger charge is 2.54. The van der Waals surface area contributed by atoms with E-state index in [2.05, 4.69) is 20.9 Å². The molecule has 2 aromatic rings. The molecule has 0 radical (unpaired) electrons. The number of aryl methyl sites for hydroxylation is 2. The number of thiazole rings is 1. The highest BCUT2D eigenvalue weighted by molar-refractivity contribution is 7.17. The van der Waals surface area contributed by atoms with Gasteiger partial charge in [-0.25, -0.2) is 14.6 Å². The monoisotopic (exact) mass is 661 g/mol. The molecule has 1 unspecified atom stereocenters. The molecule has 1 aromatic carbocycles. The third kappa shape index (κ3) is 9.55. The molecule has 254 valence electrons. The van der Waals surface area contributed by atoms with E-state index in [1.54, 1.807) is 74.8 Å². The predicted octanol–water partition coefficient (Wildman–Crippen LogP) is 4.59. The molecule has 0 spiro atoms. The van der Waals surface area contributed by atoms with E-state index in [9.17, 15) is 34.2 Å². The number of hydrogen-bond acceptors (Lipinski definition) is 8. The van der Waals surface area contributed by atoms with Crippen LogP contribution in [0.2, 0.25) is 0 Å². The van der Waals surface area contributed by atoms with Crippen LogP contribution in [0, 0.1) is 5.41 Å². The Balaban J connectivity index is 2.36. The van der Waals surface area contributed by atoms with E-state index >= 15 is 0 Å². The van der Waals surface area contributed by atoms with Crippen molar-refractivity contribution in [3.05, 3.63) is 40.4 Å². The number of carboxylic acid groups (broad SMARTS) is 2. The van der Waals surface area contributed by atoms with Crippen molar-refractivity contribution >= 4 is 52.1 Å². The number of nitrogens with zero attached hydrogens (tertiary/aromatic N) is 4. The Bertz CT molecular complexity index is 1430. The van der Waals surface area contributed by atoms with Gasteiger partial charge in [-0.3, -0.25) is 24.6 Å². The number of anilines is 2. The lowest BCUT2D eigenvalue weighted by atomic mass is 9.82. The molecule has 0 aliphatic carbocycles. The Morgan fingerprint density at radius 2 is 1.50 bits per heavy atom. The number of benzene rings is 1. The summed E-state index contributed by atoms with van der Waals surface area (Å²) in [6.07, 6.45) is -1.68. The van der Waals surface area contributed by atoms with Crippen molar-refractivity contribution in [2.24, 2.45) is 5.41 Å². The van der Waals surface area contributed by atoms with Gasteiger partial charge in [0.05, 0.1) is 5.69 Å². The summed E-state index contributed by atoms with van der Waals surface area (Å²) < 4.78 is 0. The molecule has 0 saturated heterocycles. The second kappa shape index (κ2) is 14.8. The Hall–Kier alpha value is -4.40. The van der Waals surface area contributed by atoms with Crippen LogP contribution in [-0.2, 0) is 22.4 Å². The molecule has 1 heterocycles. The minimum atomic E-state index is -1.75. The van der Waals surface area contributed by atoms with E-state index in [0.29, 0.717) is 34.2 Å². The van der Waals surface area contributed by atoms with Crippen molar-refractivity contribution in [1.29, 1.82) is 0 Å². The van der Waals surface area contributed by atoms with Crippen LogP contribution in [0.5, 0.6) is 0 Å². The van der Waals surface area contributed by atoms with Crippen LogP contribution in [0.25, 0.3) is 0 Å². The lowest BCUT2D eigenvalue weighted by Crippen LogP contribution is -2.76. The van der Waals surface area contributed by atoms with Crippen LogP contribution < -0.4 is 16.0 Å². The molecule has 15 heteroatoms. The van der Waals surface area contributed by atoms with Gasteiger partial charge in [0.15, 0.2) is 5.13 Å². The smallest absolute Gasteiger partial charge is 0.411 e. The van der Waals surface area contributed by atoms with Crippen molar-refractivity contribution in [2.45, 2.75) is 79.1 Å². The summed E-state index contributed by atoms with van der Waals surface area (Å²) in [5, 5.41) is 28.6. The van der Waals surface area contributed by atoms with Gasteiger partial charge in [0.1, 0.15) is 4.88 Å². The van der Waals surface area contributed by atoms with E-state index < -0.39 is 28.9 Å². The number of rotatable bonds is 12. The van der Waals surface area contributed by atoms with E-state index in [-0.39, 0.29) is 30.7 Å². The number of aromatic nitrogens is 1. The largest absolute Gasteiger partial charge is 0.465 e. The SMILES string of the molecule is CC(=O)Nc1nc(CCc2ccc(NC(NC(=O)O)(N(C(=O)O)C(C)(C)C)C(C)(C)C)cc2)c(C(=O)N(C)CCC(=O)N(C)C)s1. The van der Waals surface area contributed by atoms with Gasteiger partial charge in [0.2, 0.25) is 17.6 Å². The number of amides is 5. The van der Waals surface area contributed by atoms with Crippen molar-refractivity contribution in [2.75, 3.05) is 38.3 Å². The van der Waals surface area contributed by atoms with Gasteiger partial charge in [-0.2, -0.15) is 0 Å². The summed E-state index contributed by atoms with van der Waals surface area (Å²) in [6, 6.07) is 7.10. The van der Waals surface area contributed by atoms with E-state index in [1.165, 1.54) is 16.7 Å². The zero-order valence-corrected chi connectivity index (χ0v) is 29.1. The molecule has 14 nitrogen and oxygen atoms in total. The van der Waals surface area contributed by atoms with Crippen molar-refractivity contribution < 1.29 is 34.2 Å². The molecule has 0 aliphatic heterocycles. The first kappa shape index (κ1) is 37.8. The maximum atomic E-state index is 13.3. The normalized spacial score (nSPS) is 12.8. The summed E-state index contributed by atoms with van der Waals surface area (Å²) in [4.78, 5) is 70.4. The third-order valence-electron chi connectivity index (χ3n) is 7.18. The molecule has 0 fully saturated rings. The average Bonchev–Trinajstić information content (AvgIpc) is 3.30. The Morgan fingerprint density at radius 1 is 0.913 bits per heavy atom. The van der Waals surface area contributed by atoms with Gasteiger partial charge in [0, 0.05) is 57.7 Å². The lowest BCUT2D eigenvalue weighted by molar-refractivity contribution is -0.128. The van der Waals surface area contributed by atoms with Crippen LogP contribution in [0.15, 0.2) is 24.3 Å². The predicted molar refractivity (Wildman–Crippen MR) is 177 cm³/mol. The number of carbonyl (C=O) groups is 5. The van der Waals surface area contributed by atoms with Gasteiger partial charge >= 0.3 is 12.2 Å². The fourth-order valence-electron chi connectivity index (χ4n) is 4.82. The standard InChI is InChI=1S/C31H47N7O7S/c1-19(39)32-26-33-22(24(46-26)25(41)37(10)18-17-23(40)36(8)9)16-13-20-11-14-21(15-12-20)34-31(29(2,3)4,35-27(42)43)38(28(44)45)30(5,6)7/h11-12,14-15,34-35H,13,16-18H2,1-10H3,(H,42,43)(H,44,45)(H,32,33,39). The highest BCUT2D eigenvalue weighted by Crippen LogP contribution is 2.39. The summed E-state index contributed by atoms with van der Waals surface area (Å²) in [7, 11) is 4.91. The van der Waals surface area contributed by atoms with E-state index in [1.807, 2.05) is 12.1 Å². The van der Waals surface area contributed by atoms with Gasteiger partial charge in [-0.1, -0.05) is 44.2 Å². The summed E-state index contributed by atoms with van der Waals surface area (Å²) in [5.74, 6) is -2.47. The van der Waals surface area contributed by atoms with Crippen LogP contribution >= 0.6 is 11.3 Å².